The molecule has 2 aromatic heterocycles. The highest BCUT2D eigenvalue weighted by atomic mass is 32.1. The van der Waals surface area contributed by atoms with Gasteiger partial charge in [0.05, 0.1) is 13.2 Å². The molecule has 1 aliphatic carbocycles. The van der Waals surface area contributed by atoms with Crippen LogP contribution in [-0.2, 0) is 4.79 Å². The molecule has 0 fully saturated rings. The van der Waals surface area contributed by atoms with E-state index in [-0.39, 0.29) is 17.5 Å². The number of benzene rings is 1. The van der Waals surface area contributed by atoms with Gasteiger partial charge in [-0.25, -0.2) is 4.63 Å². The van der Waals surface area contributed by atoms with Crippen LogP contribution in [0, 0.1) is 0 Å². The van der Waals surface area contributed by atoms with Crippen LogP contribution in [0.25, 0.3) is 0 Å². The lowest BCUT2D eigenvalue weighted by Crippen LogP contribution is -2.26. The molecule has 29 heavy (non-hydrogen) atoms. The van der Waals surface area contributed by atoms with Crippen molar-refractivity contribution >= 4 is 28.8 Å². The number of phenolic OH excluding ortho intramolecular Hbond substituents is 1. The van der Waals surface area contributed by atoms with Crippen molar-refractivity contribution in [3.63, 3.8) is 0 Å². The molecule has 9 heteroatoms. The molecule has 0 radical (unpaired) electrons. The van der Waals surface area contributed by atoms with Gasteiger partial charge in [0.25, 0.3) is 0 Å². The predicted molar refractivity (Wildman–Crippen MR) is 107 cm³/mol. The Morgan fingerprint density at radius 2 is 2.10 bits per heavy atom. The third-order valence-electron chi connectivity index (χ3n) is 5.32. The van der Waals surface area contributed by atoms with Crippen LogP contribution < -0.4 is 15.4 Å². The summed E-state index contributed by atoms with van der Waals surface area (Å²) in [5.41, 5.74) is 2.14. The molecule has 2 unspecified atom stereocenters. The monoisotopic (exact) mass is 410 g/mol. The maximum atomic E-state index is 13.3. The van der Waals surface area contributed by atoms with Gasteiger partial charge in [0, 0.05) is 28.5 Å². The average molecular weight is 410 g/mol. The van der Waals surface area contributed by atoms with Crippen molar-refractivity contribution < 1.29 is 19.3 Å². The lowest BCUT2D eigenvalue weighted by Gasteiger charge is -2.29. The van der Waals surface area contributed by atoms with Crippen LogP contribution in [0.2, 0.25) is 0 Å². The fourth-order valence-corrected chi connectivity index (χ4v) is 4.79. The normalized spacial score (nSPS) is 20.9. The van der Waals surface area contributed by atoms with Crippen molar-refractivity contribution in [2.24, 2.45) is 0 Å². The molecule has 5 rings (SSSR count). The van der Waals surface area contributed by atoms with Gasteiger partial charge in [-0.05, 0) is 45.9 Å². The third kappa shape index (κ3) is 3.03. The second-order valence-corrected chi connectivity index (χ2v) is 8.01. The van der Waals surface area contributed by atoms with Crippen LogP contribution in [0.5, 0.6) is 11.5 Å². The summed E-state index contributed by atoms with van der Waals surface area (Å²) in [7, 11) is 1.49. The third-order valence-corrected chi connectivity index (χ3v) is 6.35. The number of fused-ring (bicyclic) bond motifs is 1. The molecule has 0 amide bonds. The first-order valence-electron chi connectivity index (χ1n) is 9.16. The number of anilines is 2. The Labute approximate surface area is 170 Å². The molecule has 8 nitrogen and oxygen atoms in total. The Kier molecular flexibility index (Phi) is 4.24. The van der Waals surface area contributed by atoms with Crippen molar-refractivity contribution in [1.29, 1.82) is 0 Å². The van der Waals surface area contributed by atoms with Gasteiger partial charge in [-0.15, -0.1) is 11.3 Å². The Balaban J connectivity index is 1.61. The van der Waals surface area contributed by atoms with Crippen LogP contribution in [0.3, 0.4) is 0 Å². The van der Waals surface area contributed by atoms with Crippen molar-refractivity contribution in [2.45, 2.75) is 24.8 Å². The van der Waals surface area contributed by atoms with Crippen LogP contribution in [0.15, 0.2) is 51.6 Å². The molecule has 148 valence electrons. The molecule has 2 atom stereocenters. The first-order chi connectivity index (χ1) is 14.1. The minimum atomic E-state index is -0.501. The minimum absolute atomic E-state index is 0.00405. The van der Waals surface area contributed by atoms with Gasteiger partial charge >= 0.3 is 0 Å². The summed E-state index contributed by atoms with van der Waals surface area (Å²) < 4.78 is 10.0. The number of phenols is 1. The molecule has 3 heterocycles. The number of allylic oxidation sites excluding steroid dienone is 1. The maximum Gasteiger partial charge on any atom is 0.219 e. The number of hydrogen-bond acceptors (Lipinski definition) is 9. The predicted octanol–water partition coefficient (Wildman–Crippen LogP) is 3.82. The average Bonchev–Trinajstić information content (AvgIpc) is 3.37. The number of methoxy groups -OCH3 is 1. The molecule has 0 spiro atoms. The smallest absolute Gasteiger partial charge is 0.219 e. The SMILES string of the molecule is COc1ccc(C2Nc3nonc3NC3=C2C(=O)CC(c2cccs2)C3)cc1O. The van der Waals surface area contributed by atoms with Crippen LogP contribution in [0.4, 0.5) is 11.6 Å². The maximum absolute atomic E-state index is 13.3. The number of aromatic nitrogens is 2. The Morgan fingerprint density at radius 1 is 1.24 bits per heavy atom. The summed E-state index contributed by atoms with van der Waals surface area (Å²) in [5.74, 6) is 1.39. The fourth-order valence-electron chi connectivity index (χ4n) is 3.96. The van der Waals surface area contributed by atoms with E-state index in [0.29, 0.717) is 35.8 Å². The van der Waals surface area contributed by atoms with Gasteiger partial charge in [0.1, 0.15) is 0 Å². The highest BCUT2D eigenvalue weighted by Gasteiger charge is 2.37. The van der Waals surface area contributed by atoms with E-state index in [1.54, 1.807) is 23.5 Å². The van der Waals surface area contributed by atoms with Crippen LogP contribution in [0.1, 0.15) is 35.2 Å². The summed E-state index contributed by atoms with van der Waals surface area (Å²) in [6.45, 7) is 0. The van der Waals surface area contributed by atoms with Crippen LogP contribution >= 0.6 is 11.3 Å². The summed E-state index contributed by atoms with van der Waals surface area (Å²) in [4.78, 5) is 14.4. The van der Waals surface area contributed by atoms with Crippen molar-refractivity contribution in [3.05, 3.63) is 57.4 Å². The Bertz CT molecular complexity index is 1110. The second kappa shape index (κ2) is 6.93. The lowest BCUT2D eigenvalue weighted by molar-refractivity contribution is -0.116. The van der Waals surface area contributed by atoms with Crippen molar-refractivity contribution in [1.82, 2.24) is 10.3 Å². The molecular formula is C20H18N4O4S. The van der Waals surface area contributed by atoms with E-state index < -0.39 is 6.04 Å². The second-order valence-electron chi connectivity index (χ2n) is 7.03. The van der Waals surface area contributed by atoms with E-state index in [1.807, 2.05) is 17.5 Å². The number of nitrogens with one attached hydrogen (secondary N) is 2. The van der Waals surface area contributed by atoms with Crippen molar-refractivity contribution in [2.75, 3.05) is 17.7 Å². The number of carbonyl (C=O) groups is 1. The number of carbonyl (C=O) groups excluding carboxylic acids is 1. The van der Waals surface area contributed by atoms with Gasteiger partial charge in [-0.1, -0.05) is 12.1 Å². The van der Waals surface area contributed by atoms with Crippen LogP contribution in [-0.4, -0.2) is 28.3 Å². The topological polar surface area (TPSA) is 110 Å². The van der Waals surface area contributed by atoms with Gasteiger partial charge in [0.15, 0.2) is 17.3 Å². The van der Waals surface area contributed by atoms with E-state index in [9.17, 15) is 9.90 Å². The van der Waals surface area contributed by atoms with E-state index in [0.717, 1.165) is 11.3 Å². The number of nitrogens with zero attached hydrogens (tertiary/aromatic N) is 2. The first-order valence-corrected chi connectivity index (χ1v) is 10.0. The molecule has 2 aliphatic rings. The summed E-state index contributed by atoms with van der Waals surface area (Å²) in [6, 6.07) is 8.65. The van der Waals surface area contributed by atoms with Gasteiger partial charge < -0.3 is 20.5 Å². The molecule has 0 bridgehead atoms. The number of aromatic hydroxyl groups is 1. The Hall–Kier alpha value is -3.33. The largest absolute Gasteiger partial charge is 0.504 e. The summed E-state index contributed by atoms with van der Waals surface area (Å²) in [6.07, 6.45) is 1.10. The number of rotatable bonds is 3. The Morgan fingerprint density at radius 3 is 2.86 bits per heavy atom. The van der Waals surface area contributed by atoms with E-state index >= 15 is 0 Å². The van der Waals surface area contributed by atoms with Gasteiger partial charge in [-0.2, -0.15) is 0 Å². The quantitative estimate of drug-likeness (QED) is 0.598. The lowest BCUT2D eigenvalue weighted by atomic mass is 9.81. The number of thiophene rings is 1. The van der Waals surface area contributed by atoms with E-state index in [4.69, 9.17) is 9.37 Å². The molecule has 0 saturated heterocycles. The molecule has 3 N–H and O–H groups in total. The van der Waals surface area contributed by atoms with E-state index in [2.05, 4.69) is 27.0 Å². The molecule has 3 aromatic rings. The fraction of sp³-hybridized carbons (Fsp3) is 0.250. The van der Waals surface area contributed by atoms with Crippen molar-refractivity contribution in [3.8, 4) is 11.5 Å². The molecular weight excluding hydrogens is 392 g/mol. The van der Waals surface area contributed by atoms with E-state index in [1.165, 1.54) is 12.0 Å². The molecule has 1 aliphatic heterocycles. The minimum Gasteiger partial charge on any atom is -0.504 e. The zero-order valence-electron chi connectivity index (χ0n) is 15.5. The summed E-state index contributed by atoms with van der Waals surface area (Å²) in [5, 5.41) is 26.6. The van der Waals surface area contributed by atoms with Gasteiger partial charge in [0.2, 0.25) is 11.6 Å². The summed E-state index contributed by atoms with van der Waals surface area (Å²) >= 11 is 1.65. The number of ether oxygens (including phenoxy) is 1. The highest BCUT2D eigenvalue weighted by molar-refractivity contribution is 7.10. The van der Waals surface area contributed by atoms with Gasteiger partial charge in [-0.3, -0.25) is 4.79 Å². The first kappa shape index (κ1) is 17.7. The zero-order valence-corrected chi connectivity index (χ0v) is 16.3. The zero-order chi connectivity index (χ0) is 20.0. The standard InChI is InChI=1S/C20H18N4O4S/c1-27-15-5-4-10(8-13(15)25)18-17-12(21-19-20(22-18)24-28-23-19)7-11(9-14(17)26)16-3-2-6-29-16/h2-6,8,11,18,25H,7,9H2,1H3,(H,21,23)(H,22,24). The number of Topliss-reactive ketones (excluding diaryl/α,β-unsaturated/α-hetero) is 1. The highest BCUT2D eigenvalue weighted by Crippen LogP contribution is 2.45. The number of ketones is 1. The molecule has 0 saturated carbocycles. The number of hydrogen-bond donors (Lipinski definition) is 3. The molecule has 1 aromatic carbocycles.